The molecule has 0 bridgehead atoms. The zero-order chi connectivity index (χ0) is 14.5. The number of halogens is 1. The standard InChI is InChI=1S/C15H28BrN3/c1-5-9-10-15(17,7-3)11-13-14(16)12(6-2)18-19(13)8-4/h5-11,17H2,1-4H3. The molecule has 110 valence electrons. The molecule has 0 aromatic carbocycles. The predicted octanol–water partition coefficient (Wildman–Crippen LogP) is 4.07. The molecule has 0 aliphatic carbocycles. The Morgan fingerprint density at radius 1 is 1.26 bits per heavy atom. The van der Waals surface area contributed by atoms with Crippen molar-refractivity contribution in [1.29, 1.82) is 0 Å². The molecule has 0 saturated heterocycles. The van der Waals surface area contributed by atoms with Gasteiger partial charge in [0, 0.05) is 18.5 Å². The quantitative estimate of drug-likeness (QED) is 0.781. The topological polar surface area (TPSA) is 43.8 Å². The van der Waals surface area contributed by atoms with E-state index in [2.05, 4.69) is 53.4 Å². The van der Waals surface area contributed by atoms with E-state index < -0.39 is 0 Å². The summed E-state index contributed by atoms with van der Waals surface area (Å²) in [5, 5.41) is 4.66. The highest BCUT2D eigenvalue weighted by Crippen LogP contribution is 2.28. The SMILES string of the molecule is CCCCC(N)(CC)Cc1c(Br)c(CC)nn1CC. The molecular weight excluding hydrogens is 302 g/mol. The number of nitrogens with two attached hydrogens (primary N) is 1. The van der Waals surface area contributed by atoms with Crippen LogP contribution in [0.3, 0.4) is 0 Å². The average molecular weight is 330 g/mol. The molecule has 19 heavy (non-hydrogen) atoms. The molecule has 1 aromatic rings. The highest BCUT2D eigenvalue weighted by Gasteiger charge is 2.26. The minimum atomic E-state index is -0.101. The lowest BCUT2D eigenvalue weighted by atomic mass is 9.86. The Morgan fingerprint density at radius 3 is 2.42 bits per heavy atom. The van der Waals surface area contributed by atoms with Gasteiger partial charge in [-0.2, -0.15) is 5.10 Å². The third-order valence-electron chi connectivity index (χ3n) is 3.95. The van der Waals surface area contributed by atoms with Gasteiger partial charge in [-0.05, 0) is 42.1 Å². The number of unbranched alkanes of at least 4 members (excludes halogenated alkanes) is 1. The number of hydrogen-bond donors (Lipinski definition) is 1. The maximum Gasteiger partial charge on any atom is 0.0766 e. The van der Waals surface area contributed by atoms with Crippen LogP contribution < -0.4 is 5.73 Å². The summed E-state index contributed by atoms with van der Waals surface area (Å²) in [7, 11) is 0. The molecule has 0 aliphatic rings. The monoisotopic (exact) mass is 329 g/mol. The van der Waals surface area contributed by atoms with E-state index in [-0.39, 0.29) is 5.54 Å². The third kappa shape index (κ3) is 4.06. The molecule has 0 saturated carbocycles. The summed E-state index contributed by atoms with van der Waals surface area (Å²) < 4.78 is 3.27. The second-order valence-corrected chi connectivity index (χ2v) is 6.17. The van der Waals surface area contributed by atoms with E-state index in [9.17, 15) is 0 Å². The lowest BCUT2D eigenvalue weighted by molar-refractivity contribution is 0.354. The molecule has 1 heterocycles. The van der Waals surface area contributed by atoms with Crippen LogP contribution in [0.15, 0.2) is 4.47 Å². The molecule has 4 heteroatoms. The van der Waals surface area contributed by atoms with E-state index in [0.29, 0.717) is 0 Å². The molecule has 1 rings (SSSR count). The van der Waals surface area contributed by atoms with Crippen LogP contribution >= 0.6 is 15.9 Å². The first-order valence-corrected chi connectivity index (χ1v) is 8.33. The number of rotatable bonds is 8. The van der Waals surface area contributed by atoms with Crippen molar-refractivity contribution >= 4 is 15.9 Å². The lowest BCUT2D eigenvalue weighted by Crippen LogP contribution is -2.42. The van der Waals surface area contributed by atoms with Crippen molar-refractivity contribution in [1.82, 2.24) is 9.78 Å². The van der Waals surface area contributed by atoms with Crippen LogP contribution in [0, 0.1) is 0 Å². The number of hydrogen-bond acceptors (Lipinski definition) is 2. The number of nitrogens with zero attached hydrogens (tertiary/aromatic N) is 2. The highest BCUT2D eigenvalue weighted by molar-refractivity contribution is 9.10. The van der Waals surface area contributed by atoms with Crippen LogP contribution in [0.25, 0.3) is 0 Å². The Kier molecular flexibility index (Phi) is 6.54. The molecule has 0 radical (unpaired) electrons. The fourth-order valence-electron chi connectivity index (χ4n) is 2.44. The van der Waals surface area contributed by atoms with Crippen molar-refractivity contribution in [2.45, 2.75) is 78.3 Å². The zero-order valence-electron chi connectivity index (χ0n) is 12.8. The van der Waals surface area contributed by atoms with E-state index in [1.54, 1.807) is 0 Å². The summed E-state index contributed by atoms with van der Waals surface area (Å²) >= 11 is 3.71. The molecule has 0 aliphatic heterocycles. The van der Waals surface area contributed by atoms with Crippen molar-refractivity contribution in [2.24, 2.45) is 5.73 Å². The minimum absolute atomic E-state index is 0.101. The summed E-state index contributed by atoms with van der Waals surface area (Å²) in [6.45, 7) is 9.60. The number of aromatic nitrogens is 2. The van der Waals surface area contributed by atoms with Crippen molar-refractivity contribution in [3.8, 4) is 0 Å². The maximum atomic E-state index is 6.60. The van der Waals surface area contributed by atoms with Gasteiger partial charge in [-0.3, -0.25) is 4.68 Å². The molecule has 0 spiro atoms. The van der Waals surface area contributed by atoms with Gasteiger partial charge in [-0.15, -0.1) is 0 Å². The van der Waals surface area contributed by atoms with Gasteiger partial charge in [-0.25, -0.2) is 0 Å². The largest absolute Gasteiger partial charge is 0.325 e. The third-order valence-corrected chi connectivity index (χ3v) is 4.86. The molecule has 1 aromatic heterocycles. The summed E-state index contributed by atoms with van der Waals surface area (Å²) in [5.74, 6) is 0. The molecule has 0 amide bonds. The normalized spacial score (nSPS) is 14.6. The number of aryl methyl sites for hydroxylation is 2. The van der Waals surface area contributed by atoms with Gasteiger partial charge in [0.15, 0.2) is 0 Å². The summed E-state index contributed by atoms with van der Waals surface area (Å²) in [6, 6.07) is 0. The van der Waals surface area contributed by atoms with Crippen LogP contribution in [0.5, 0.6) is 0 Å². The van der Waals surface area contributed by atoms with Gasteiger partial charge in [-0.1, -0.05) is 33.6 Å². The molecule has 3 nitrogen and oxygen atoms in total. The van der Waals surface area contributed by atoms with Gasteiger partial charge in [0.25, 0.3) is 0 Å². The van der Waals surface area contributed by atoms with Gasteiger partial charge in [0.05, 0.1) is 15.9 Å². The van der Waals surface area contributed by atoms with Gasteiger partial charge < -0.3 is 5.73 Å². The van der Waals surface area contributed by atoms with Crippen molar-refractivity contribution in [3.05, 3.63) is 15.9 Å². The van der Waals surface area contributed by atoms with E-state index >= 15 is 0 Å². The Balaban J connectivity index is 2.98. The zero-order valence-corrected chi connectivity index (χ0v) is 14.4. The van der Waals surface area contributed by atoms with Crippen molar-refractivity contribution < 1.29 is 0 Å². The maximum absolute atomic E-state index is 6.60. The van der Waals surface area contributed by atoms with Gasteiger partial charge in [0.2, 0.25) is 0 Å². The smallest absolute Gasteiger partial charge is 0.0766 e. The van der Waals surface area contributed by atoms with Crippen molar-refractivity contribution in [3.63, 3.8) is 0 Å². The second-order valence-electron chi connectivity index (χ2n) is 5.37. The first kappa shape index (κ1) is 16.7. The first-order chi connectivity index (χ1) is 9.01. The summed E-state index contributed by atoms with van der Waals surface area (Å²) in [6.07, 6.45) is 6.36. The highest BCUT2D eigenvalue weighted by atomic mass is 79.9. The van der Waals surface area contributed by atoms with E-state index in [1.807, 2.05) is 0 Å². The Bertz CT molecular complexity index is 400. The summed E-state index contributed by atoms with van der Waals surface area (Å²) in [4.78, 5) is 0. The Labute approximate surface area is 126 Å². The molecule has 2 N–H and O–H groups in total. The average Bonchev–Trinajstić information content (AvgIpc) is 2.73. The van der Waals surface area contributed by atoms with E-state index in [4.69, 9.17) is 5.73 Å². The fourth-order valence-corrected chi connectivity index (χ4v) is 3.14. The fraction of sp³-hybridized carbons (Fsp3) is 0.800. The van der Waals surface area contributed by atoms with E-state index in [0.717, 1.165) is 42.4 Å². The van der Waals surface area contributed by atoms with Crippen LogP contribution in [-0.4, -0.2) is 15.3 Å². The van der Waals surface area contributed by atoms with Crippen LogP contribution in [0.1, 0.15) is 64.8 Å². The molecule has 1 atom stereocenters. The van der Waals surface area contributed by atoms with Crippen LogP contribution in [0.2, 0.25) is 0 Å². The van der Waals surface area contributed by atoms with Gasteiger partial charge >= 0.3 is 0 Å². The van der Waals surface area contributed by atoms with Crippen LogP contribution in [-0.2, 0) is 19.4 Å². The summed E-state index contributed by atoms with van der Waals surface area (Å²) in [5.41, 5.74) is 8.90. The minimum Gasteiger partial charge on any atom is -0.325 e. The Hall–Kier alpha value is -0.350. The molecule has 0 fully saturated rings. The first-order valence-electron chi connectivity index (χ1n) is 7.54. The lowest BCUT2D eigenvalue weighted by Gasteiger charge is -2.28. The molecule has 1 unspecified atom stereocenters. The predicted molar refractivity (Wildman–Crippen MR) is 85.4 cm³/mol. The van der Waals surface area contributed by atoms with Gasteiger partial charge in [0.1, 0.15) is 0 Å². The van der Waals surface area contributed by atoms with E-state index in [1.165, 1.54) is 18.5 Å². The molecular formula is C15H28BrN3. The Morgan fingerprint density at radius 2 is 1.95 bits per heavy atom. The van der Waals surface area contributed by atoms with Crippen LogP contribution in [0.4, 0.5) is 0 Å². The van der Waals surface area contributed by atoms with Crippen molar-refractivity contribution in [2.75, 3.05) is 0 Å². The second kappa shape index (κ2) is 7.44.